The molecule has 0 fully saturated rings. The van der Waals surface area contributed by atoms with Crippen LogP contribution in [0.25, 0.3) is 0 Å². The van der Waals surface area contributed by atoms with Crippen LogP contribution in [0.15, 0.2) is 24.3 Å². The second kappa shape index (κ2) is 6.08. The first kappa shape index (κ1) is 14.8. The SMILES string of the molecule is CC(C)(C)OC(=O)Nc1cccc(CNC(=N)N)c1. The van der Waals surface area contributed by atoms with E-state index >= 15 is 0 Å². The molecule has 0 heterocycles. The maximum absolute atomic E-state index is 11.6. The van der Waals surface area contributed by atoms with Gasteiger partial charge in [-0.3, -0.25) is 10.7 Å². The first-order valence-corrected chi connectivity index (χ1v) is 5.93. The largest absolute Gasteiger partial charge is 0.444 e. The van der Waals surface area contributed by atoms with E-state index in [4.69, 9.17) is 15.9 Å². The third-order valence-corrected chi connectivity index (χ3v) is 2.06. The van der Waals surface area contributed by atoms with E-state index in [1.54, 1.807) is 32.9 Å². The lowest BCUT2D eigenvalue weighted by molar-refractivity contribution is 0.0636. The molecule has 6 heteroatoms. The van der Waals surface area contributed by atoms with Crippen molar-refractivity contribution in [3.05, 3.63) is 29.8 Å². The summed E-state index contributed by atoms with van der Waals surface area (Å²) in [4.78, 5) is 11.6. The normalized spacial score (nSPS) is 10.7. The quantitative estimate of drug-likeness (QED) is 0.495. The highest BCUT2D eigenvalue weighted by Gasteiger charge is 2.16. The molecule has 0 radical (unpaired) electrons. The molecule has 1 aromatic rings. The Morgan fingerprint density at radius 2 is 2.11 bits per heavy atom. The van der Waals surface area contributed by atoms with Gasteiger partial charge in [0.05, 0.1) is 0 Å². The van der Waals surface area contributed by atoms with Crippen molar-refractivity contribution in [1.29, 1.82) is 5.41 Å². The molecule has 104 valence electrons. The van der Waals surface area contributed by atoms with Crippen molar-refractivity contribution in [1.82, 2.24) is 5.32 Å². The molecule has 1 rings (SSSR count). The smallest absolute Gasteiger partial charge is 0.412 e. The molecule has 1 amide bonds. The van der Waals surface area contributed by atoms with Crippen molar-refractivity contribution in [2.75, 3.05) is 5.32 Å². The van der Waals surface area contributed by atoms with Gasteiger partial charge in [-0.25, -0.2) is 4.79 Å². The number of benzene rings is 1. The van der Waals surface area contributed by atoms with E-state index < -0.39 is 11.7 Å². The van der Waals surface area contributed by atoms with Crippen molar-refractivity contribution >= 4 is 17.7 Å². The summed E-state index contributed by atoms with van der Waals surface area (Å²) in [6.45, 7) is 5.85. The molecule has 0 unspecified atom stereocenters. The summed E-state index contributed by atoms with van der Waals surface area (Å²) in [6, 6.07) is 7.24. The van der Waals surface area contributed by atoms with Gasteiger partial charge in [-0.2, -0.15) is 0 Å². The van der Waals surface area contributed by atoms with Gasteiger partial charge in [-0.1, -0.05) is 12.1 Å². The molecule has 0 aliphatic heterocycles. The number of amides is 1. The van der Waals surface area contributed by atoms with Crippen LogP contribution in [0, 0.1) is 5.41 Å². The third-order valence-electron chi connectivity index (χ3n) is 2.06. The predicted molar refractivity (Wildman–Crippen MR) is 75.1 cm³/mol. The van der Waals surface area contributed by atoms with Gasteiger partial charge in [0.15, 0.2) is 5.96 Å². The monoisotopic (exact) mass is 264 g/mol. The van der Waals surface area contributed by atoms with Gasteiger partial charge in [0.2, 0.25) is 0 Å². The Hall–Kier alpha value is -2.24. The van der Waals surface area contributed by atoms with Gasteiger partial charge in [0.1, 0.15) is 5.60 Å². The van der Waals surface area contributed by atoms with Crippen LogP contribution in [0.3, 0.4) is 0 Å². The van der Waals surface area contributed by atoms with E-state index in [0.717, 1.165) is 5.56 Å². The van der Waals surface area contributed by atoms with Crippen molar-refractivity contribution in [3.8, 4) is 0 Å². The second-order valence-corrected chi connectivity index (χ2v) is 5.09. The maximum Gasteiger partial charge on any atom is 0.412 e. The molecule has 0 bridgehead atoms. The Kier molecular flexibility index (Phi) is 4.74. The van der Waals surface area contributed by atoms with Gasteiger partial charge < -0.3 is 15.8 Å². The molecule has 5 N–H and O–H groups in total. The zero-order valence-corrected chi connectivity index (χ0v) is 11.4. The molecule has 0 aliphatic rings. The maximum atomic E-state index is 11.6. The number of rotatable bonds is 3. The number of ether oxygens (including phenoxy) is 1. The molecule has 19 heavy (non-hydrogen) atoms. The summed E-state index contributed by atoms with van der Waals surface area (Å²) in [5.41, 5.74) is 6.22. The zero-order valence-electron chi connectivity index (χ0n) is 11.4. The van der Waals surface area contributed by atoms with E-state index in [2.05, 4.69) is 10.6 Å². The molecule has 0 atom stereocenters. The van der Waals surface area contributed by atoms with E-state index in [1.165, 1.54) is 0 Å². The van der Waals surface area contributed by atoms with Gasteiger partial charge in [0, 0.05) is 12.2 Å². The number of hydrogen-bond donors (Lipinski definition) is 4. The van der Waals surface area contributed by atoms with Crippen molar-refractivity contribution in [2.45, 2.75) is 32.9 Å². The van der Waals surface area contributed by atoms with E-state index in [-0.39, 0.29) is 5.96 Å². The van der Waals surface area contributed by atoms with Gasteiger partial charge in [0.25, 0.3) is 0 Å². The molecule has 0 saturated carbocycles. The summed E-state index contributed by atoms with van der Waals surface area (Å²) in [6.07, 6.45) is -0.496. The zero-order chi connectivity index (χ0) is 14.5. The Labute approximate surface area is 112 Å². The Bertz CT molecular complexity index is 466. The average Bonchev–Trinajstić information content (AvgIpc) is 2.24. The number of nitrogens with one attached hydrogen (secondary N) is 3. The predicted octanol–water partition coefficient (Wildman–Crippen LogP) is 2.02. The minimum atomic E-state index is -0.530. The molecule has 0 aliphatic carbocycles. The number of hydrogen-bond acceptors (Lipinski definition) is 3. The molecular formula is C13H20N4O2. The number of nitrogens with two attached hydrogens (primary N) is 1. The molecule has 0 spiro atoms. The van der Waals surface area contributed by atoms with Gasteiger partial charge >= 0.3 is 6.09 Å². The standard InChI is InChI=1S/C13H20N4O2/c1-13(2,3)19-12(18)17-10-6-4-5-9(7-10)8-16-11(14)15/h4-7H,8H2,1-3H3,(H,17,18)(H4,14,15,16). The molecule has 1 aromatic carbocycles. The van der Waals surface area contributed by atoms with E-state index in [0.29, 0.717) is 12.2 Å². The lowest BCUT2D eigenvalue weighted by Crippen LogP contribution is -2.29. The molecule has 0 aromatic heterocycles. The fourth-order valence-electron chi connectivity index (χ4n) is 1.38. The highest BCUT2D eigenvalue weighted by atomic mass is 16.6. The summed E-state index contributed by atoms with van der Waals surface area (Å²) < 4.78 is 5.16. The molecular weight excluding hydrogens is 244 g/mol. The number of anilines is 1. The van der Waals surface area contributed by atoms with Crippen LogP contribution < -0.4 is 16.4 Å². The van der Waals surface area contributed by atoms with Gasteiger partial charge in [-0.15, -0.1) is 0 Å². The van der Waals surface area contributed by atoms with Crippen molar-refractivity contribution in [2.24, 2.45) is 5.73 Å². The van der Waals surface area contributed by atoms with Crippen LogP contribution in [-0.2, 0) is 11.3 Å². The fraction of sp³-hybridized carbons (Fsp3) is 0.385. The number of carbonyl (C=O) groups is 1. The van der Waals surface area contributed by atoms with Gasteiger partial charge in [-0.05, 0) is 38.5 Å². The van der Waals surface area contributed by atoms with Crippen LogP contribution in [0.1, 0.15) is 26.3 Å². The van der Waals surface area contributed by atoms with Crippen molar-refractivity contribution in [3.63, 3.8) is 0 Å². The van der Waals surface area contributed by atoms with E-state index in [1.807, 2.05) is 12.1 Å². The summed E-state index contributed by atoms with van der Waals surface area (Å²) in [7, 11) is 0. The molecule has 6 nitrogen and oxygen atoms in total. The summed E-state index contributed by atoms with van der Waals surface area (Å²) in [5, 5.41) is 12.4. The summed E-state index contributed by atoms with van der Waals surface area (Å²) in [5.74, 6) is -0.0921. The average molecular weight is 264 g/mol. The van der Waals surface area contributed by atoms with Crippen LogP contribution in [0.5, 0.6) is 0 Å². The van der Waals surface area contributed by atoms with Crippen LogP contribution >= 0.6 is 0 Å². The Balaban J connectivity index is 2.61. The third kappa shape index (κ3) is 6.30. The van der Waals surface area contributed by atoms with Crippen LogP contribution in [-0.4, -0.2) is 17.7 Å². The topological polar surface area (TPSA) is 100 Å². The first-order chi connectivity index (χ1) is 8.76. The number of carbonyl (C=O) groups excluding carboxylic acids is 1. The van der Waals surface area contributed by atoms with E-state index in [9.17, 15) is 4.79 Å². The lowest BCUT2D eigenvalue weighted by Gasteiger charge is -2.19. The van der Waals surface area contributed by atoms with Crippen molar-refractivity contribution < 1.29 is 9.53 Å². The lowest BCUT2D eigenvalue weighted by atomic mass is 10.2. The fourth-order valence-corrected chi connectivity index (χ4v) is 1.38. The highest BCUT2D eigenvalue weighted by molar-refractivity contribution is 5.85. The first-order valence-electron chi connectivity index (χ1n) is 5.93. The highest BCUT2D eigenvalue weighted by Crippen LogP contribution is 2.13. The Morgan fingerprint density at radius 1 is 1.42 bits per heavy atom. The second-order valence-electron chi connectivity index (χ2n) is 5.09. The molecule has 0 saturated heterocycles. The van der Waals surface area contributed by atoms with Crippen LogP contribution in [0.2, 0.25) is 0 Å². The Morgan fingerprint density at radius 3 is 2.68 bits per heavy atom. The minimum absolute atomic E-state index is 0.0921. The summed E-state index contributed by atoms with van der Waals surface area (Å²) >= 11 is 0. The minimum Gasteiger partial charge on any atom is -0.444 e. The van der Waals surface area contributed by atoms with Crippen LogP contribution in [0.4, 0.5) is 10.5 Å². The number of guanidine groups is 1.